The lowest BCUT2D eigenvalue weighted by molar-refractivity contribution is -0.124. The molecule has 1 N–H and O–H groups in total. The van der Waals surface area contributed by atoms with Crippen LogP contribution in [0.5, 0.6) is 0 Å². The lowest BCUT2D eigenvalue weighted by Crippen LogP contribution is -2.50. The zero-order chi connectivity index (χ0) is 16.4. The predicted octanol–water partition coefficient (Wildman–Crippen LogP) is 2.60. The maximum Gasteiger partial charge on any atom is 0.235 e. The van der Waals surface area contributed by atoms with E-state index in [2.05, 4.69) is 16.3 Å². The van der Waals surface area contributed by atoms with Crippen LogP contribution in [0.2, 0.25) is 0 Å². The summed E-state index contributed by atoms with van der Waals surface area (Å²) in [6.45, 7) is 2.72. The third-order valence-electron chi connectivity index (χ3n) is 4.73. The molecule has 0 aromatic heterocycles. The predicted molar refractivity (Wildman–Crippen MR) is 84.7 cm³/mol. The Morgan fingerprint density at radius 2 is 2.00 bits per heavy atom. The summed E-state index contributed by atoms with van der Waals surface area (Å²) in [6, 6.07) is 9.07. The van der Waals surface area contributed by atoms with Crippen LogP contribution >= 0.6 is 0 Å². The van der Waals surface area contributed by atoms with Gasteiger partial charge in [-0.1, -0.05) is 12.1 Å². The minimum atomic E-state index is -0.748. The summed E-state index contributed by atoms with van der Waals surface area (Å²) >= 11 is 0. The quantitative estimate of drug-likeness (QED) is 0.841. The van der Waals surface area contributed by atoms with E-state index in [0.29, 0.717) is 12.6 Å². The maximum atomic E-state index is 13.0. The van der Waals surface area contributed by atoms with Crippen molar-refractivity contribution in [1.82, 2.24) is 10.2 Å². The van der Waals surface area contributed by atoms with Gasteiger partial charge in [-0.05, 0) is 56.2 Å². The van der Waals surface area contributed by atoms with Crippen molar-refractivity contribution in [1.29, 1.82) is 5.26 Å². The van der Waals surface area contributed by atoms with Crippen molar-refractivity contribution in [2.45, 2.75) is 50.7 Å². The fraction of sp³-hybridized carbons (Fsp3) is 0.556. The number of halogens is 1. The first kappa shape index (κ1) is 15.9. The Morgan fingerprint density at radius 1 is 1.35 bits per heavy atom. The molecular formula is C18H22FN3O. The lowest BCUT2D eigenvalue weighted by Gasteiger charge is -2.26. The number of amides is 1. The molecule has 2 fully saturated rings. The molecule has 5 heteroatoms. The smallest absolute Gasteiger partial charge is 0.235 e. The second-order valence-corrected chi connectivity index (χ2v) is 6.90. The average molecular weight is 315 g/mol. The summed E-state index contributed by atoms with van der Waals surface area (Å²) < 4.78 is 13.0. The Labute approximate surface area is 136 Å². The van der Waals surface area contributed by atoms with Gasteiger partial charge in [-0.15, -0.1) is 0 Å². The van der Waals surface area contributed by atoms with Crippen molar-refractivity contribution >= 4 is 5.91 Å². The summed E-state index contributed by atoms with van der Waals surface area (Å²) in [5, 5.41) is 12.3. The van der Waals surface area contributed by atoms with Crippen LogP contribution in [-0.4, -0.2) is 28.9 Å². The Morgan fingerprint density at radius 3 is 2.52 bits per heavy atom. The molecule has 0 unspecified atom stereocenters. The highest BCUT2D eigenvalue weighted by Gasteiger charge is 2.43. The summed E-state index contributed by atoms with van der Waals surface area (Å²) in [5.41, 5.74) is 0.249. The van der Waals surface area contributed by atoms with E-state index in [1.165, 1.54) is 12.1 Å². The van der Waals surface area contributed by atoms with Gasteiger partial charge in [0.2, 0.25) is 5.91 Å². The van der Waals surface area contributed by atoms with E-state index in [0.717, 1.165) is 31.2 Å². The van der Waals surface area contributed by atoms with Gasteiger partial charge in [-0.2, -0.15) is 5.26 Å². The number of nitriles is 1. The number of carbonyl (C=O) groups is 1. The number of carbonyl (C=O) groups excluding carboxylic acids is 1. The van der Waals surface area contributed by atoms with Crippen LogP contribution < -0.4 is 5.32 Å². The van der Waals surface area contributed by atoms with Crippen LogP contribution in [0, 0.1) is 23.1 Å². The van der Waals surface area contributed by atoms with Crippen LogP contribution in [-0.2, 0) is 11.3 Å². The van der Waals surface area contributed by atoms with Crippen molar-refractivity contribution in [3.05, 3.63) is 35.6 Å². The molecule has 2 aliphatic carbocycles. The summed E-state index contributed by atoms with van der Waals surface area (Å²) in [7, 11) is 0. The molecule has 0 heterocycles. The molecule has 2 saturated carbocycles. The molecule has 1 amide bonds. The third-order valence-corrected chi connectivity index (χ3v) is 4.73. The molecule has 0 radical (unpaired) electrons. The van der Waals surface area contributed by atoms with Crippen LogP contribution in [0.3, 0.4) is 0 Å². The molecule has 0 spiro atoms. The summed E-state index contributed by atoms with van der Waals surface area (Å²) in [5.74, 6) is -0.0726. The topological polar surface area (TPSA) is 56.1 Å². The first-order valence-electron chi connectivity index (χ1n) is 8.21. The van der Waals surface area contributed by atoms with Gasteiger partial charge in [-0.3, -0.25) is 9.69 Å². The molecule has 1 aromatic rings. The number of nitrogens with one attached hydrogen (secondary N) is 1. The van der Waals surface area contributed by atoms with Gasteiger partial charge < -0.3 is 5.32 Å². The van der Waals surface area contributed by atoms with Gasteiger partial charge in [-0.25, -0.2) is 4.39 Å². The molecule has 0 bridgehead atoms. The van der Waals surface area contributed by atoms with Crippen molar-refractivity contribution in [3.8, 4) is 6.07 Å². The highest BCUT2D eigenvalue weighted by Crippen LogP contribution is 2.39. The zero-order valence-corrected chi connectivity index (χ0v) is 13.4. The van der Waals surface area contributed by atoms with Crippen molar-refractivity contribution < 1.29 is 9.18 Å². The molecule has 1 aromatic carbocycles. The van der Waals surface area contributed by atoms with E-state index in [-0.39, 0.29) is 24.2 Å². The van der Waals surface area contributed by atoms with Gasteiger partial charge in [0.25, 0.3) is 0 Å². The number of benzene rings is 1. The Hall–Kier alpha value is -1.93. The maximum absolute atomic E-state index is 13.0. The Balaban J connectivity index is 1.60. The average Bonchev–Trinajstić information content (AvgIpc) is 3.41. The molecule has 4 nitrogen and oxygen atoms in total. The SMILES string of the molecule is C[C@@](C#N)(NC(=O)CN(Cc1ccc(F)cc1)C1CC1)C1CC1. The fourth-order valence-corrected chi connectivity index (χ4v) is 2.97. The first-order chi connectivity index (χ1) is 11.0. The van der Waals surface area contributed by atoms with E-state index in [4.69, 9.17) is 0 Å². The van der Waals surface area contributed by atoms with E-state index < -0.39 is 5.54 Å². The van der Waals surface area contributed by atoms with Crippen LogP contribution in [0.1, 0.15) is 38.2 Å². The van der Waals surface area contributed by atoms with Crippen LogP contribution in [0.4, 0.5) is 4.39 Å². The fourth-order valence-electron chi connectivity index (χ4n) is 2.97. The van der Waals surface area contributed by atoms with E-state index in [9.17, 15) is 14.4 Å². The van der Waals surface area contributed by atoms with Crippen molar-refractivity contribution in [2.24, 2.45) is 5.92 Å². The van der Waals surface area contributed by atoms with E-state index in [1.54, 1.807) is 12.1 Å². The molecule has 122 valence electrons. The number of hydrogen-bond acceptors (Lipinski definition) is 3. The van der Waals surface area contributed by atoms with E-state index >= 15 is 0 Å². The van der Waals surface area contributed by atoms with Gasteiger partial charge in [0, 0.05) is 12.6 Å². The summed E-state index contributed by atoms with van der Waals surface area (Å²) in [4.78, 5) is 14.5. The van der Waals surface area contributed by atoms with Gasteiger partial charge >= 0.3 is 0 Å². The van der Waals surface area contributed by atoms with Crippen molar-refractivity contribution in [3.63, 3.8) is 0 Å². The Bertz CT molecular complexity index is 616. The van der Waals surface area contributed by atoms with E-state index in [1.807, 2.05) is 6.92 Å². The Kier molecular flexibility index (Phi) is 4.36. The highest BCUT2D eigenvalue weighted by atomic mass is 19.1. The molecule has 23 heavy (non-hydrogen) atoms. The molecule has 0 saturated heterocycles. The molecule has 3 rings (SSSR count). The first-order valence-corrected chi connectivity index (χ1v) is 8.21. The van der Waals surface area contributed by atoms with Gasteiger partial charge in [0.15, 0.2) is 0 Å². The van der Waals surface area contributed by atoms with Gasteiger partial charge in [0.05, 0.1) is 12.6 Å². The summed E-state index contributed by atoms with van der Waals surface area (Å²) in [6.07, 6.45) is 4.19. The highest BCUT2D eigenvalue weighted by molar-refractivity contribution is 5.79. The minimum Gasteiger partial charge on any atom is -0.337 e. The van der Waals surface area contributed by atoms with Crippen LogP contribution in [0.25, 0.3) is 0 Å². The van der Waals surface area contributed by atoms with Crippen LogP contribution in [0.15, 0.2) is 24.3 Å². The normalized spacial score (nSPS) is 19.9. The second kappa shape index (κ2) is 6.29. The molecule has 1 atom stereocenters. The second-order valence-electron chi connectivity index (χ2n) is 6.90. The number of nitrogens with zero attached hydrogens (tertiary/aromatic N) is 2. The monoisotopic (exact) mass is 315 g/mol. The van der Waals surface area contributed by atoms with Crippen molar-refractivity contribution in [2.75, 3.05) is 6.54 Å². The standard InChI is InChI=1S/C18H22FN3O/c1-18(12-20,14-4-5-14)21-17(23)11-22(16-8-9-16)10-13-2-6-15(19)7-3-13/h2-3,6-7,14,16H,4-5,8-11H2,1H3,(H,21,23)/t18-/m0/s1. The minimum absolute atomic E-state index is 0.102. The third kappa shape index (κ3) is 4.08. The molecule has 0 aliphatic heterocycles. The van der Waals surface area contributed by atoms with Gasteiger partial charge in [0.1, 0.15) is 11.4 Å². The molecular weight excluding hydrogens is 293 g/mol. The molecule has 2 aliphatic rings. The number of rotatable bonds is 7. The number of hydrogen-bond donors (Lipinski definition) is 1. The lowest BCUT2D eigenvalue weighted by atomic mass is 9.98. The zero-order valence-electron chi connectivity index (χ0n) is 13.4. The largest absolute Gasteiger partial charge is 0.337 e.